The molecule has 8 heteroatoms. The number of benzene rings is 2. The number of nitrogens with one attached hydrogen (secondary N) is 1. The summed E-state index contributed by atoms with van der Waals surface area (Å²) in [5.74, 6) is -0.270. The average Bonchev–Trinajstić information content (AvgIpc) is 2.60. The molecular weight excluding hydrogens is 413 g/mol. The minimum Gasteiger partial charge on any atom is -0.437 e. The van der Waals surface area contributed by atoms with E-state index >= 15 is 0 Å². The van der Waals surface area contributed by atoms with Crippen molar-refractivity contribution < 1.29 is 13.9 Å². The molecule has 0 aliphatic heterocycles. The molecule has 0 saturated heterocycles. The summed E-state index contributed by atoms with van der Waals surface area (Å²) in [4.78, 5) is 20.2. The van der Waals surface area contributed by atoms with Gasteiger partial charge < -0.3 is 10.1 Å². The molecule has 1 aromatic heterocycles. The van der Waals surface area contributed by atoms with Gasteiger partial charge in [0.15, 0.2) is 5.82 Å². The third-order valence-electron chi connectivity index (χ3n) is 3.14. The topological polar surface area (TPSA) is 64.1 Å². The Hall–Kier alpha value is -2.51. The second-order valence-electron chi connectivity index (χ2n) is 4.83. The van der Waals surface area contributed by atoms with Crippen LogP contribution in [0.15, 0.2) is 59.3 Å². The van der Waals surface area contributed by atoms with Gasteiger partial charge in [0.2, 0.25) is 5.88 Å². The van der Waals surface area contributed by atoms with Crippen LogP contribution in [0.25, 0.3) is 0 Å². The number of anilines is 1. The summed E-state index contributed by atoms with van der Waals surface area (Å²) in [5, 5.41) is 2.65. The number of nitrogens with zero attached hydrogens (tertiary/aromatic N) is 2. The van der Waals surface area contributed by atoms with Gasteiger partial charge in [0.1, 0.15) is 22.9 Å². The van der Waals surface area contributed by atoms with E-state index in [0.29, 0.717) is 15.8 Å². The molecule has 25 heavy (non-hydrogen) atoms. The van der Waals surface area contributed by atoms with Gasteiger partial charge in [0.25, 0.3) is 5.91 Å². The number of carbonyl (C=O) groups excluding carboxylic acids is 1. The summed E-state index contributed by atoms with van der Waals surface area (Å²) < 4.78 is 19.1. The highest BCUT2D eigenvalue weighted by atomic mass is 79.9. The number of aromatic nitrogens is 2. The van der Waals surface area contributed by atoms with Crippen LogP contribution < -0.4 is 10.1 Å². The van der Waals surface area contributed by atoms with Crippen molar-refractivity contribution >= 4 is 39.3 Å². The first kappa shape index (κ1) is 17.3. The second-order valence-corrected chi connectivity index (χ2v) is 6.06. The maximum Gasteiger partial charge on any atom is 0.258 e. The Bertz CT molecular complexity index is 922. The maximum atomic E-state index is 12.9. The zero-order valence-electron chi connectivity index (χ0n) is 12.5. The van der Waals surface area contributed by atoms with Gasteiger partial charge in [-0.15, -0.1) is 0 Å². The third-order valence-corrected chi connectivity index (χ3v) is 4.17. The van der Waals surface area contributed by atoms with E-state index in [1.54, 1.807) is 24.3 Å². The highest BCUT2D eigenvalue weighted by Crippen LogP contribution is 2.32. The van der Waals surface area contributed by atoms with E-state index < -0.39 is 0 Å². The molecule has 0 aliphatic carbocycles. The Balaban J connectivity index is 1.82. The lowest BCUT2D eigenvalue weighted by Crippen LogP contribution is -2.14. The van der Waals surface area contributed by atoms with Crippen molar-refractivity contribution in [1.29, 1.82) is 0 Å². The lowest BCUT2D eigenvalue weighted by atomic mass is 10.2. The molecule has 0 aliphatic rings. The maximum absolute atomic E-state index is 12.9. The summed E-state index contributed by atoms with van der Waals surface area (Å²) >= 11 is 9.52. The van der Waals surface area contributed by atoms with Crippen LogP contribution in [0.4, 0.5) is 10.2 Å². The van der Waals surface area contributed by atoms with E-state index in [1.807, 2.05) is 0 Å². The van der Waals surface area contributed by atoms with Crippen LogP contribution in [0.5, 0.6) is 11.6 Å². The summed E-state index contributed by atoms with van der Waals surface area (Å²) in [6, 6.07) is 12.3. The molecule has 3 rings (SSSR count). The molecule has 3 aromatic rings. The number of amides is 1. The predicted octanol–water partition coefficient (Wildman–Crippen LogP) is 5.08. The molecule has 0 unspecified atom stereocenters. The Labute approximate surface area is 156 Å². The number of hydrogen-bond donors (Lipinski definition) is 1. The van der Waals surface area contributed by atoms with Gasteiger partial charge in [0.05, 0.1) is 5.56 Å². The molecule has 1 heterocycles. The molecule has 1 amide bonds. The fourth-order valence-corrected chi connectivity index (χ4v) is 2.59. The Morgan fingerprint density at radius 3 is 2.56 bits per heavy atom. The molecular formula is C17H10BrClFN3O2. The van der Waals surface area contributed by atoms with Crippen LogP contribution in [-0.4, -0.2) is 15.9 Å². The smallest absolute Gasteiger partial charge is 0.258 e. The standard InChI is InChI=1S/C17H10BrClFN3O2/c18-13-4-2-1-3-12(13)16(24)23-15-14(19)17(22-9-21-15)25-11-7-5-10(20)6-8-11/h1-9H,(H,21,22,23,24). The summed E-state index contributed by atoms with van der Waals surface area (Å²) in [6.07, 6.45) is 1.21. The molecule has 0 spiro atoms. The number of ether oxygens (including phenoxy) is 1. The van der Waals surface area contributed by atoms with Gasteiger partial charge in [-0.3, -0.25) is 4.79 Å². The largest absolute Gasteiger partial charge is 0.437 e. The van der Waals surface area contributed by atoms with E-state index in [-0.39, 0.29) is 28.4 Å². The van der Waals surface area contributed by atoms with Gasteiger partial charge in [-0.25, -0.2) is 9.37 Å². The summed E-state index contributed by atoms with van der Waals surface area (Å²) in [6.45, 7) is 0. The van der Waals surface area contributed by atoms with Crippen molar-refractivity contribution in [3.05, 3.63) is 75.7 Å². The van der Waals surface area contributed by atoms with Gasteiger partial charge in [-0.1, -0.05) is 23.7 Å². The van der Waals surface area contributed by atoms with Gasteiger partial charge >= 0.3 is 0 Å². The van der Waals surface area contributed by atoms with E-state index in [4.69, 9.17) is 16.3 Å². The number of carbonyl (C=O) groups is 1. The van der Waals surface area contributed by atoms with E-state index in [9.17, 15) is 9.18 Å². The minimum absolute atomic E-state index is 0.0345. The highest BCUT2D eigenvalue weighted by Gasteiger charge is 2.16. The van der Waals surface area contributed by atoms with Crippen LogP contribution >= 0.6 is 27.5 Å². The van der Waals surface area contributed by atoms with Gasteiger partial charge in [-0.2, -0.15) is 4.98 Å². The van der Waals surface area contributed by atoms with Crippen LogP contribution in [0.1, 0.15) is 10.4 Å². The quantitative estimate of drug-likeness (QED) is 0.637. The minimum atomic E-state index is -0.388. The van der Waals surface area contributed by atoms with Crippen molar-refractivity contribution in [1.82, 2.24) is 9.97 Å². The fourth-order valence-electron chi connectivity index (χ4n) is 1.95. The first-order valence-corrected chi connectivity index (χ1v) is 8.21. The van der Waals surface area contributed by atoms with Crippen LogP contribution in [-0.2, 0) is 0 Å². The van der Waals surface area contributed by atoms with Crippen molar-refractivity contribution in [2.75, 3.05) is 5.32 Å². The predicted molar refractivity (Wildman–Crippen MR) is 95.6 cm³/mol. The molecule has 0 radical (unpaired) electrons. The Morgan fingerprint density at radius 1 is 1.12 bits per heavy atom. The molecule has 1 N–H and O–H groups in total. The van der Waals surface area contributed by atoms with E-state index in [2.05, 4.69) is 31.2 Å². The lowest BCUT2D eigenvalue weighted by molar-refractivity contribution is 0.102. The Kier molecular flexibility index (Phi) is 5.25. The average molecular weight is 423 g/mol. The van der Waals surface area contributed by atoms with Gasteiger partial charge in [0, 0.05) is 4.47 Å². The normalized spacial score (nSPS) is 10.4. The molecule has 0 fully saturated rings. The second kappa shape index (κ2) is 7.58. The van der Waals surface area contributed by atoms with Crippen molar-refractivity contribution in [3.8, 4) is 11.6 Å². The molecule has 126 valence electrons. The zero-order valence-corrected chi connectivity index (χ0v) is 14.9. The lowest BCUT2D eigenvalue weighted by Gasteiger charge is -2.10. The van der Waals surface area contributed by atoms with E-state index in [1.165, 1.54) is 30.6 Å². The molecule has 2 aromatic carbocycles. The van der Waals surface area contributed by atoms with Crippen molar-refractivity contribution in [2.24, 2.45) is 0 Å². The number of halogens is 3. The highest BCUT2D eigenvalue weighted by molar-refractivity contribution is 9.10. The Morgan fingerprint density at radius 2 is 1.84 bits per heavy atom. The third kappa shape index (κ3) is 4.12. The van der Waals surface area contributed by atoms with Crippen LogP contribution in [0.3, 0.4) is 0 Å². The molecule has 0 atom stereocenters. The van der Waals surface area contributed by atoms with Crippen LogP contribution in [0.2, 0.25) is 5.02 Å². The van der Waals surface area contributed by atoms with Crippen LogP contribution in [0, 0.1) is 5.82 Å². The summed E-state index contributed by atoms with van der Waals surface area (Å²) in [7, 11) is 0. The summed E-state index contributed by atoms with van der Waals surface area (Å²) in [5.41, 5.74) is 0.429. The monoisotopic (exact) mass is 421 g/mol. The molecule has 0 saturated carbocycles. The SMILES string of the molecule is O=C(Nc1ncnc(Oc2ccc(F)cc2)c1Cl)c1ccccc1Br. The number of rotatable bonds is 4. The fraction of sp³-hybridized carbons (Fsp3) is 0. The first-order valence-electron chi connectivity index (χ1n) is 7.04. The molecule has 0 bridgehead atoms. The van der Waals surface area contributed by atoms with E-state index in [0.717, 1.165) is 0 Å². The number of hydrogen-bond acceptors (Lipinski definition) is 4. The van der Waals surface area contributed by atoms with Gasteiger partial charge in [-0.05, 0) is 52.3 Å². The van der Waals surface area contributed by atoms with Crippen molar-refractivity contribution in [3.63, 3.8) is 0 Å². The zero-order chi connectivity index (χ0) is 17.8. The first-order chi connectivity index (χ1) is 12.0. The van der Waals surface area contributed by atoms with Crippen molar-refractivity contribution in [2.45, 2.75) is 0 Å². The molecule has 5 nitrogen and oxygen atoms in total.